The molecule has 0 saturated carbocycles. The average molecular weight is 425 g/mol. The Bertz CT molecular complexity index is 1090. The lowest BCUT2D eigenvalue weighted by molar-refractivity contribution is -0.161. The first kappa shape index (κ1) is 22.4. The van der Waals surface area contributed by atoms with Gasteiger partial charge in [0, 0.05) is 17.1 Å². The predicted octanol–water partition coefficient (Wildman–Crippen LogP) is 4.23. The summed E-state index contributed by atoms with van der Waals surface area (Å²) in [6.45, 7) is 7.05. The number of rotatable bonds is 5. The molecule has 3 aromatic rings. The van der Waals surface area contributed by atoms with Gasteiger partial charge in [-0.2, -0.15) is 0 Å². The second kappa shape index (κ2) is 8.43. The van der Waals surface area contributed by atoms with Gasteiger partial charge in [0.1, 0.15) is 11.4 Å². The van der Waals surface area contributed by atoms with Crippen LogP contribution in [0.2, 0.25) is 0 Å². The maximum absolute atomic E-state index is 13.0. The topological polar surface area (TPSA) is 87.0 Å². The molecule has 7 heteroatoms. The summed E-state index contributed by atoms with van der Waals surface area (Å²) in [4.78, 5) is 25.9. The van der Waals surface area contributed by atoms with Crippen molar-refractivity contribution in [1.29, 1.82) is 0 Å². The highest BCUT2D eigenvalue weighted by Gasteiger charge is 2.44. The minimum absolute atomic E-state index is 0.0853. The molecule has 1 aromatic heterocycles. The number of hydrogen-bond donors (Lipinski definition) is 1. The summed E-state index contributed by atoms with van der Waals surface area (Å²) in [6.07, 6.45) is 0.816. The van der Waals surface area contributed by atoms with Crippen LogP contribution in [0.4, 0.5) is 4.79 Å². The number of nitrogens with zero attached hydrogens (tertiary/aromatic N) is 1. The van der Waals surface area contributed by atoms with Crippen molar-refractivity contribution in [3.05, 3.63) is 65.9 Å². The number of methoxy groups -OCH3 is 1. The fourth-order valence-corrected chi connectivity index (χ4v) is 3.38. The Morgan fingerprint density at radius 1 is 1.03 bits per heavy atom. The number of benzene rings is 2. The molecule has 1 heterocycles. The van der Waals surface area contributed by atoms with E-state index >= 15 is 0 Å². The number of hydrogen-bond acceptors (Lipinski definition) is 6. The number of esters is 1. The van der Waals surface area contributed by atoms with Gasteiger partial charge in [0.25, 0.3) is 0 Å². The second-order valence-corrected chi connectivity index (χ2v) is 8.07. The average Bonchev–Trinajstić information content (AvgIpc) is 3.12. The van der Waals surface area contributed by atoms with Crippen molar-refractivity contribution in [1.82, 2.24) is 4.57 Å². The highest BCUT2D eigenvalue weighted by molar-refractivity contribution is 5.98. The SMILES string of the molecule is CCOC(=O)C(O)(c1ccc(OC)cc1)c1cn(C(=O)OC(C)(C)C)c2ccccc12. The Morgan fingerprint density at radius 3 is 2.26 bits per heavy atom. The van der Waals surface area contributed by atoms with Crippen LogP contribution in [0, 0.1) is 0 Å². The molecule has 1 N–H and O–H groups in total. The maximum atomic E-state index is 13.0. The molecule has 2 aromatic carbocycles. The van der Waals surface area contributed by atoms with Crippen LogP contribution >= 0.6 is 0 Å². The summed E-state index contributed by atoms with van der Waals surface area (Å²) in [6, 6.07) is 13.5. The van der Waals surface area contributed by atoms with Crippen LogP contribution in [0.5, 0.6) is 5.75 Å². The van der Waals surface area contributed by atoms with Crippen LogP contribution in [0.3, 0.4) is 0 Å². The summed E-state index contributed by atoms with van der Waals surface area (Å²) in [5.41, 5.74) is -1.84. The third-order valence-corrected chi connectivity index (χ3v) is 4.77. The Morgan fingerprint density at radius 2 is 1.68 bits per heavy atom. The molecule has 164 valence electrons. The minimum Gasteiger partial charge on any atom is -0.497 e. The molecule has 3 rings (SSSR count). The number of ether oxygens (including phenoxy) is 3. The van der Waals surface area contributed by atoms with Gasteiger partial charge >= 0.3 is 12.1 Å². The van der Waals surface area contributed by atoms with Gasteiger partial charge in [-0.05, 0) is 51.5 Å². The van der Waals surface area contributed by atoms with E-state index in [0.717, 1.165) is 0 Å². The first-order valence-electron chi connectivity index (χ1n) is 10.00. The molecule has 0 amide bonds. The standard InChI is InChI=1S/C24H27NO6/c1-6-30-21(26)24(28,16-11-13-17(29-5)14-12-16)19-15-25(22(27)31-23(2,3)4)20-10-8-7-9-18(19)20/h7-15,28H,6H2,1-5H3. The molecule has 0 spiro atoms. The zero-order valence-electron chi connectivity index (χ0n) is 18.3. The number of carbonyl (C=O) groups is 2. The third-order valence-electron chi connectivity index (χ3n) is 4.77. The van der Waals surface area contributed by atoms with Gasteiger partial charge < -0.3 is 19.3 Å². The van der Waals surface area contributed by atoms with Crippen LogP contribution in [0.25, 0.3) is 10.9 Å². The molecule has 31 heavy (non-hydrogen) atoms. The largest absolute Gasteiger partial charge is 0.497 e. The summed E-state index contributed by atoms with van der Waals surface area (Å²) in [5.74, 6) is -0.265. The van der Waals surface area contributed by atoms with Gasteiger partial charge in [-0.25, -0.2) is 9.59 Å². The van der Waals surface area contributed by atoms with Gasteiger partial charge in [0.2, 0.25) is 5.60 Å². The zero-order chi connectivity index (χ0) is 22.8. The van der Waals surface area contributed by atoms with Crippen LogP contribution in [0.15, 0.2) is 54.7 Å². The Balaban J connectivity index is 2.25. The lowest BCUT2D eigenvalue weighted by Gasteiger charge is -2.26. The van der Waals surface area contributed by atoms with Gasteiger partial charge in [0.05, 0.1) is 19.2 Å². The van der Waals surface area contributed by atoms with E-state index in [1.807, 2.05) is 0 Å². The second-order valence-electron chi connectivity index (χ2n) is 8.07. The van der Waals surface area contributed by atoms with Crippen LogP contribution < -0.4 is 4.74 Å². The Hall–Kier alpha value is -3.32. The van der Waals surface area contributed by atoms with Crippen molar-refractivity contribution < 1.29 is 28.9 Å². The molecule has 7 nitrogen and oxygen atoms in total. The fraction of sp³-hybridized carbons (Fsp3) is 0.333. The zero-order valence-corrected chi connectivity index (χ0v) is 18.3. The number of fused-ring (bicyclic) bond motifs is 1. The molecular weight excluding hydrogens is 398 g/mol. The molecular formula is C24H27NO6. The van der Waals surface area contributed by atoms with E-state index in [1.54, 1.807) is 76.2 Å². The predicted molar refractivity (Wildman–Crippen MR) is 116 cm³/mol. The lowest BCUT2D eigenvalue weighted by Crippen LogP contribution is -2.38. The van der Waals surface area contributed by atoms with Crippen molar-refractivity contribution in [3.8, 4) is 5.75 Å². The van der Waals surface area contributed by atoms with Crippen LogP contribution in [-0.2, 0) is 19.9 Å². The van der Waals surface area contributed by atoms with Crippen molar-refractivity contribution in [2.45, 2.75) is 38.9 Å². The van der Waals surface area contributed by atoms with E-state index < -0.39 is 23.3 Å². The summed E-state index contributed by atoms with van der Waals surface area (Å²) in [7, 11) is 1.53. The van der Waals surface area contributed by atoms with Crippen molar-refractivity contribution in [3.63, 3.8) is 0 Å². The molecule has 0 bridgehead atoms. The van der Waals surface area contributed by atoms with E-state index in [9.17, 15) is 14.7 Å². The van der Waals surface area contributed by atoms with Gasteiger partial charge in [-0.15, -0.1) is 0 Å². The van der Waals surface area contributed by atoms with Gasteiger partial charge in [-0.3, -0.25) is 4.57 Å². The number of aliphatic hydroxyl groups is 1. The monoisotopic (exact) mass is 425 g/mol. The molecule has 1 unspecified atom stereocenters. The van der Waals surface area contributed by atoms with Gasteiger partial charge in [0.15, 0.2) is 0 Å². The molecule has 0 aliphatic rings. The molecule has 0 aliphatic carbocycles. The fourth-order valence-electron chi connectivity index (χ4n) is 3.38. The summed E-state index contributed by atoms with van der Waals surface area (Å²) >= 11 is 0. The van der Waals surface area contributed by atoms with Crippen molar-refractivity contribution in [2.24, 2.45) is 0 Å². The number of carbonyl (C=O) groups excluding carboxylic acids is 2. The van der Waals surface area contributed by atoms with E-state index in [4.69, 9.17) is 14.2 Å². The maximum Gasteiger partial charge on any atom is 0.419 e. The number of para-hydroxylation sites is 1. The van der Waals surface area contributed by atoms with E-state index in [1.165, 1.54) is 17.9 Å². The van der Waals surface area contributed by atoms with Crippen LogP contribution in [-0.4, -0.2) is 41.1 Å². The molecule has 1 atom stereocenters. The Kier molecular flexibility index (Phi) is 6.08. The van der Waals surface area contributed by atoms with E-state index in [-0.39, 0.29) is 12.2 Å². The first-order valence-corrected chi connectivity index (χ1v) is 10.00. The first-order chi connectivity index (χ1) is 14.6. The highest BCUT2D eigenvalue weighted by Crippen LogP contribution is 2.38. The normalized spacial score (nSPS) is 13.5. The van der Waals surface area contributed by atoms with E-state index in [2.05, 4.69) is 0 Å². The van der Waals surface area contributed by atoms with Crippen LogP contribution in [0.1, 0.15) is 38.8 Å². The number of aromatic nitrogens is 1. The molecule has 0 saturated heterocycles. The quantitative estimate of drug-likeness (QED) is 0.616. The third kappa shape index (κ3) is 4.27. The summed E-state index contributed by atoms with van der Waals surface area (Å²) in [5, 5.41) is 12.3. The lowest BCUT2D eigenvalue weighted by atomic mass is 9.86. The minimum atomic E-state index is -2.14. The smallest absolute Gasteiger partial charge is 0.419 e. The molecule has 0 aliphatic heterocycles. The summed E-state index contributed by atoms with van der Waals surface area (Å²) < 4.78 is 17.2. The highest BCUT2D eigenvalue weighted by atomic mass is 16.6. The van der Waals surface area contributed by atoms with Crippen molar-refractivity contribution >= 4 is 23.0 Å². The van der Waals surface area contributed by atoms with E-state index in [0.29, 0.717) is 22.2 Å². The molecule has 0 fully saturated rings. The van der Waals surface area contributed by atoms with Gasteiger partial charge in [-0.1, -0.05) is 30.3 Å². The van der Waals surface area contributed by atoms with Crippen molar-refractivity contribution in [2.75, 3.05) is 13.7 Å². The molecule has 0 radical (unpaired) electrons. The Labute approximate surface area is 181 Å².